The second-order valence-corrected chi connectivity index (χ2v) is 15.7. The van der Waals surface area contributed by atoms with Gasteiger partial charge in [0, 0.05) is 35.7 Å². The van der Waals surface area contributed by atoms with Crippen LogP contribution in [0.1, 0.15) is 78.9 Å². The van der Waals surface area contributed by atoms with Gasteiger partial charge in [-0.3, -0.25) is 14.6 Å². The maximum absolute atomic E-state index is 14.7. The molecule has 2 aliphatic carbocycles. The molecule has 4 aliphatic heterocycles. The molecule has 2 spiro atoms. The number of ketones is 1. The van der Waals surface area contributed by atoms with Crippen molar-refractivity contribution in [2.45, 2.75) is 93.3 Å². The standard InChI is InChI=1S/C35H47N7O4S/c1-3-24(23-8-6-13-41(23)2)46-33-22-15-42(20-16-45-17-20)18-34(12-14-44-19-34)29(22)39-32(40-33)27(36)21-7-4-10-35(30(21)43)11-5-9-25-26(35)28(37)31(38)47-25/h3,20,23-24H,1,4-19,36-38H2,2H3/b27-21-/t23-,24-,34-,35-/m0/s1. The molecule has 6 N–H and O–H groups in total. The van der Waals surface area contributed by atoms with Gasteiger partial charge in [0.15, 0.2) is 11.6 Å². The minimum Gasteiger partial charge on any atom is -0.468 e. The third-order valence-corrected chi connectivity index (χ3v) is 12.9. The molecule has 6 aliphatic rings. The lowest BCUT2D eigenvalue weighted by Gasteiger charge is -2.46. The molecule has 11 nitrogen and oxygen atoms in total. The molecular formula is C35H47N7O4S. The molecule has 4 atom stereocenters. The van der Waals surface area contributed by atoms with E-state index in [1.165, 1.54) is 11.3 Å². The molecule has 0 radical (unpaired) electrons. The van der Waals surface area contributed by atoms with E-state index in [9.17, 15) is 4.79 Å². The first kappa shape index (κ1) is 31.3. The molecule has 12 heteroatoms. The van der Waals surface area contributed by atoms with Crippen molar-refractivity contribution in [3.05, 3.63) is 45.8 Å². The third-order valence-electron chi connectivity index (χ3n) is 11.9. The van der Waals surface area contributed by atoms with E-state index in [0.29, 0.717) is 79.1 Å². The molecule has 8 rings (SSSR count). The number of carbonyl (C=O) groups is 1. The van der Waals surface area contributed by atoms with Crippen molar-refractivity contribution in [1.82, 2.24) is 19.8 Å². The Morgan fingerprint density at radius 2 is 1.96 bits per heavy atom. The van der Waals surface area contributed by atoms with Gasteiger partial charge in [-0.15, -0.1) is 11.3 Å². The first-order chi connectivity index (χ1) is 22.7. The number of thiophene rings is 1. The lowest BCUT2D eigenvalue weighted by molar-refractivity contribution is -0.122. The van der Waals surface area contributed by atoms with Crippen molar-refractivity contribution in [1.29, 1.82) is 0 Å². The number of likely N-dealkylation sites (tertiary alicyclic amines) is 1. The quantitative estimate of drug-likeness (QED) is 0.309. The highest BCUT2D eigenvalue weighted by Crippen LogP contribution is 2.53. The topological polar surface area (TPSA) is 155 Å². The van der Waals surface area contributed by atoms with Crippen LogP contribution in [0, 0.1) is 0 Å². The van der Waals surface area contributed by atoms with E-state index < -0.39 is 5.41 Å². The summed E-state index contributed by atoms with van der Waals surface area (Å²) in [6.45, 7) is 9.32. The number of aromatic nitrogens is 2. The Bertz CT molecular complexity index is 1630. The van der Waals surface area contributed by atoms with Crippen molar-refractivity contribution in [2.24, 2.45) is 5.73 Å². The number of Topliss-reactive ketones (excluding diaryl/α,β-unsaturated/α-hetero) is 1. The fraction of sp³-hybridized carbons (Fsp3) is 0.629. The Kier molecular flexibility index (Phi) is 7.87. The second-order valence-electron chi connectivity index (χ2n) is 14.6. The highest BCUT2D eigenvalue weighted by molar-refractivity contribution is 7.16. The number of nitrogens with zero attached hydrogens (tertiary/aromatic N) is 4. The maximum Gasteiger partial charge on any atom is 0.222 e. The second kappa shape index (κ2) is 11.8. The fourth-order valence-electron chi connectivity index (χ4n) is 9.20. The summed E-state index contributed by atoms with van der Waals surface area (Å²) in [5.41, 5.74) is 23.2. The van der Waals surface area contributed by atoms with Gasteiger partial charge in [0.25, 0.3) is 0 Å². The summed E-state index contributed by atoms with van der Waals surface area (Å²) in [7, 11) is 2.14. The zero-order chi connectivity index (χ0) is 32.5. The van der Waals surface area contributed by atoms with E-state index >= 15 is 0 Å². The molecule has 0 bridgehead atoms. The molecule has 6 heterocycles. The van der Waals surface area contributed by atoms with E-state index in [1.54, 1.807) is 0 Å². The Morgan fingerprint density at radius 3 is 2.64 bits per heavy atom. The summed E-state index contributed by atoms with van der Waals surface area (Å²) in [5.74, 6) is 0.937. The maximum atomic E-state index is 14.7. The van der Waals surface area contributed by atoms with Gasteiger partial charge < -0.3 is 31.4 Å². The normalized spacial score (nSPS) is 31.5. The number of anilines is 2. The Morgan fingerprint density at radius 1 is 1.15 bits per heavy atom. The summed E-state index contributed by atoms with van der Waals surface area (Å²) in [5, 5.41) is 0.601. The van der Waals surface area contributed by atoms with Crippen molar-refractivity contribution in [3.8, 4) is 5.88 Å². The molecule has 2 aromatic heterocycles. The summed E-state index contributed by atoms with van der Waals surface area (Å²) in [6, 6.07) is 0.538. The Labute approximate surface area is 280 Å². The van der Waals surface area contributed by atoms with Crippen LogP contribution in [-0.4, -0.2) is 90.3 Å². The van der Waals surface area contributed by atoms with E-state index in [-0.39, 0.29) is 23.3 Å². The number of rotatable bonds is 6. The minimum atomic E-state index is -0.704. The predicted octanol–water partition coefficient (Wildman–Crippen LogP) is 3.30. The molecule has 0 unspecified atom stereocenters. The summed E-state index contributed by atoms with van der Waals surface area (Å²) in [6.07, 6.45) is 9.32. The van der Waals surface area contributed by atoms with Crippen LogP contribution in [-0.2, 0) is 38.1 Å². The molecular weight excluding hydrogens is 614 g/mol. The Hall–Kier alpha value is -3.03. The SMILES string of the molecule is C=C[C@H](Oc1nc(/C(N)=C2\CCC[C@@]3(CCCc4sc(N)c(N)c43)C2=O)nc2c1CN(C1COC1)C[C@]21CCOC1)[C@@H]1CCCN1C. The minimum absolute atomic E-state index is 0.0436. The van der Waals surface area contributed by atoms with E-state index in [2.05, 4.69) is 23.4 Å². The fourth-order valence-corrected chi connectivity index (χ4v) is 10.3. The number of carbonyl (C=O) groups excluding carboxylic acids is 1. The lowest BCUT2D eigenvalue weighted by atomic mass is 9.61. The van der Waals surface area contributed by atoms with Gasteiger partial charge in [0.2, 0.25) is 5.88 Å². The monoisotopic (exact) mass is 661 g/mol. The van der Waals surface area contributed by atoms with Gasteiger partial charge >= 0.3 is 0 Å². The molecule has 0 amide bonds. The smallest absolute Gasteiger partial charge is 0.222 e. The number of allylic oxidation sites excluding steroid dienone is 1. The van der Waals surface area contributed by atoms with Crippen LogP contribution in [0.3, 0.4) is 0 Å². The number of likely N-dealkylation sites (N-methyl/N-ethyl adjacent to an activating group) is 1. The molecule has 4 fully saturated rings. The summed E-state index contributed by atoms with van der Waals surface area (Å²) < 4.78 is 18.5. The van der Waals surface area contributed by atoms with E-state index in [0.717, 1.165) is 86.2 Å². The summed E-state index contributed by atoms with van der Waals surface area (Å²) >= 11 is 1.52. The molecule has 1 saturated carbocycles. The molecule has 252 valence electrons. The highest BCUT2D eigenvalue weighted by atomic mass is 32.1. The van der Waals surface area contributed by atoms with Gasteiger partial charge in [0.1, 0.15) is 11.1 Å². The first-order valence-electron chi connectivity index (χ1n) is 17.3. The number of nitrogen functional groups attached to an aromatic ring is 2. The predicted molar refractivity (Wildman–Crippen MR) is 182 cm³/mol. The molecule has 47 heavy (non-hydrogen) atoms. The van der Waals surface area contributed by atoms with Gasteiger partial charge in [-0.1, -0.05) is 6.58 Å². The van der Waals surface area contributed by atoms with E-state index in [1.807, 2.05) is 6.08 Å². The van der Waals surface area contributed by atoms with Crippen LogP contribution in [0.4, 0.5) is 10.7 Å². The lowest BCUT2D eigenvalue weighted by Crippen LogP contribution is -2.56. The first-order valence-corrected chi connectivity index (χ1v) is 18.1. The van der Waals surface area contributed by atoms with Crippen molar-refractivity contribution >= 4 is 33.5 Å². The number of nitrogens with two attached hydrogens (primary N) is 3. The van der Waals surface area contributed by atoms with Gasteiger partial charge in [-0.25, -0.2) is 4.98 Å². The van der Waals surface area contributed by atoms with Crippen LogP contribution in [0.25, 0.3) is 5.70 Å². The zero-order valence-corrected chi connectivity index (χ0v) is 28.2. The molecule has 3 saturated heterocycles. The Balaban J connectivity index is 1.25. The molecule has 0 aromatic carbocycles. The average Bonchev–Trinajstić information content (AvgIpc) is 3.76. The van der Waals surface area contributed by atoms with Crippen LogP contribution in [0.15, 0.2) is 18.2 Å². The van der Waals surface area contributed by atoms with Crippen LogP contribution >= 0.6 is 11.3 Å². The number of hydrogen-bond donors (Lipinski definition) is 3. The van der Waals surface area contributed by atoms with Crippen LogP contribution in [0.5, 0.6) is 5.88 Å². The van der Waals surface area contributed by atoms with Gasteiger partial charge in [-0.2, -0.15) is 4.98 Å². The van der Waals surface area contributed by atoms with Gasteiger partial charge in [0.05, 0.1) is 65.4 Å². The number of ether oxygens (including phenoxy) is 3. The van der Waals surface area contributed by atoms with Crippen LogP contribution in [0.2, 0.25) is 0 Å². The number of fused-ring (bicyclic) bond motifs is 4. The van der Waals surface area contributed by atoms with Crippen LogP contribution < -0.4 is 21.9 Å². The van der Waals surface area contributed by atoms with Crippen molar-refractivity contribution < 1.29 is 19.0 Å². The molecule has 2 aromatic rings. The van der Waals surface area contributed by atoms with Gasteiger partial charge in [-0.05, 0) is 77.5 Å². The number of hydrogen-bond acceptors (Lipinski definition) is 12. The highest BCUT2D eigenvalue weighted by Gasteiger charge is 2.51. The largest absolute Gasteiger partial charge is 0.468 e. The third kappa shape index (κ3) is 4.93. The van der Waals surface area contributed by atoms with Crippen molar-refractivity contribution in [3.63, 3.8) is 0 Å². The average molecular weight is 662 g/mol. The summed E-state index contributed by atoms with van der Waals surface area (Å²) in [4.78, 5) is 31.0. The van der Waals surface area contributed by atoms with E-state index in [4.69, 9.17) is 41.4 Å². The van der Waals surface area contributed by atoms with Crippen molar-refractivity contribution in [2.75, 3.05) is 58.0 Å². The zero-order valence-electron chi connectivity index (χ0n) is 27.4. The number of aryl methyl sites for hydroxylation is 1.